The lowest BCUT2D eigenvalue weighted by Gasteiger charge is -2.15. The smallest absolute Gasteiger partial charge is 0.251 e. The first-order chi connectivity index (χ1) is 21.2. The number of amides is 3. The van der Waals surface area contributed by atoms with Crippen LogP contribution in [0.15, 0.2) is 84.9 Å². The van der Waals surface area contributed by atoms with Gasteiger partial charge in [-0.05, 0) is 85.9 Å². The fraction of sp³-hybridized carbons (Fsp3) is 0.250. The topological polar surface area (TPSA) is 103 Å². The van der Waals surface area contributed by atoms with Gasteiger partial charge >= 0.3 is 0 Å². The van der Waals surface area contributed by atoms with Crippen LogP contribution in [0.25, 0.3) is 0 Å². The van der Waals surface area contributed by atoms with Crippen molar-refractivity contribution in [1.82, 2.24) is 10.3 Å². The molecule has 1 aromatic heterocycles. The number of carbonyl (C=O) groups excluding carboxylic acids is 3. The van der Waals surface area contributed by atoms with E-state index in [0.29, 0.717) is 29.8 Å². The fourth-order valence-electron chi connectivity index (χ4n) is 5.28. The number of allylic oxidation sites excluding steroid dienone is 1. The predicted octanol–water partition coefficient (Wildman–Crippen LogP) is 7.30. The van der Waals surface area contributed by atoms with E-state index in [0.717, 1.165) is 33.6 Å². The Morgan fingerprint density at radius 1 is 1.00 bits per heavy atom. The number of fused-ring (bicyclic) bond motifs is 1. The Labute approximate surface area is 258 Å². The number of aromatic nitrogens is 1. The third-order valence-electron chi connectivity index (χ3n) is 7.64. The van der Waals surface area contributed by atoms with Crippen molar-refractivity contribution < 1.29 is 18.8 Å². The van der Waals surface area contributed by atoms with Crippen molar-refractivity contribution >= 4 is 29.1 Å². The molecule has 0 bridgehead atoms. The number of hydrogen-bond donors (Lipinski definition) is 4. The van der Waals surface area contributed by atoms with E-state index >= 15 is 0 Å². The molecule has 1 aliphatic rings. The number of nitrogens with one attached hydrogen (secondary N) is 4. The van der Waals surface area contributed by atoms with Crippen LogP contribution >= 0.6 is 0 Å². The zero-order valence-electron chi connectivity index (χ0n) is 25.8. The van der Waals surface area contributed by atoms with E-state index in [1.165, 1.54) is 18.2 Å². The molecule has 4 aromatic rings. The molecule has 2 heterocycles. The predicted molar refractivity (Wildman–Crippen MR) is 173 cm³/mol. The summed E-state index contributed by atoms with van der Waals surface area (Å²) in [5.74, 6) is -1.50. The van der Waals surface area contributed by atoms with Gasteiger partial charge in [-0.25, -0.2) is 4.39 Å². The van der Waals surface area contributed by atoms with E-state index in [-0.39, 0.29) is 29.6 Å². The van der Waals surface area contributed by atoms with Gasteiger partial charge < -0.3 is 20.9 Å². The first-order valence-electron chi connectivity index (χ1n) is 14.9. The molecule has 0 saturated heterocycles. The molecule has 7 nitrogen and oxygen atoms in total. The maximum absolute atomic E-state index is 13.3. The number of aromatic amines is 1. The van der Waals surface area contributed by atoms with Crippen LogP contribution in [0, 0.1) is 19.7 Å². The van der Waals surface area contributed by atoms with Crippen LogP contribution in [0.5, 0.6) is 0 Å². The summed E-state index contributed by atoms with van der Waals surface area (Å²) in [5.41, 5.74) is 6.94. The first-order valence-corrected chi connectivity index (χ1v) is 14.9. The van der Waals surface area contributed by atoms with E-state index in [4.69, 9.17) is 0 Å². The SMILES string of the molecule is CC.Cc1[nH]c(CC2C(=O)Nc3ccc(C(=O)NC(C)c4ccc(F)cc4)cc32)c(C)c1NC(=O)/C=C/Cc1ccccc1. The van der Waals surface area contributed by atoms with Gasteiger partial charge in [-0.15, -0.1) is 0 Å². The molecular weight excluding hydrogens is 555 g/mol. The Balaban J connectivity index is 0.00000216. The van der Waals surface area contributed by atoms with Gasteiger partial charge in [-0.1, -0.05) is 62.4 Å². The Kier molecular flexibility index (Phi) is 10.5. The second kappa shape index (κ2) is 14.5. The Morgan fingerprint density at radius 2 is 1.70 bits per heavy atom. The summed E-state index contributed by atoms with van der Waals surface area (Å²) in [4.78, 5) is 42.0. The fourth-order valence-corrected chi connectivity index (χ4v) is 5.28. The average molecular weight is 595 g/mol. The minimum absolute atomic E-state index is 0.150. The molecule has 3 aromatic carbocycles. The molecule has 4 N–H and O–H groups in total. The monoisotopic (exact) mass is 594 g/mol. The summed E-state index contributed by atoms with van der Waals surface area (Å²) < 4.78 is 13.3. The lowest BCUT2D eigenvalue weighted by Crippen LogP contribution is -2.26. The van der Waals surface area contributed by atoms with Crippen LogP contribution in [0.2, 0.25) is 0 Å². The highest BCUT2D eigenvalue weighted by molar-refractivity contribution is 6.05. The molecule has 0 fully saturated rings. The molecule has 0 radical (unpaired) electrons. The maximum Gasteiger partial charge on any atom is 0.251 e. The molecule has 0 spiro atoms. The van der Waals surface area contributed by atoms with E-state index < -0.39 is 5.92 Å². The molecular formula is C36H39FN4O3. The number of halogens is 1. The van der Waals surface area contributed by atoms with Gasteiger partial charge in [0.2, 0.25) is 11.8 Å². The highest BCUT2D eigenvalue weighted by Gasteiger charge is 2.33. The zero-order chi connectivity index (χ0) is 31.8. The number of anilines is 2. The molecule has 5 rings (SSSR count). The van der Waals surface area contributed by atoms with Crippen LogP contribution in [0.4, 0.5) is 15.8 Å². The van der Waals surface area contributed by atoms with E-state index in [1.54, 1.807) is 30.3 Å². The van der Waals surface area contributed by atoms with Gasteiger partial charge in [0.1, 0.15) is 5.82 Å². The Bertz CT molecular complexity index is 1660. The summed E-state index contributed by atoms with van der Waals surface area (Å²) in [6, 6.07) is 20.7. The number of rotatable bonds is 9. The second-order valence-corrected chi connectivity index (χ2v) is 10.6. The lowest BCUT2D eigenvalue weighted by molar-refractivity contribution is -0.117. The Morgan fingerprint density at radius 3 is 2.41 bits per heavy atom. The Hall–Kier alpha value is -4.98. The molecule has 2 unspecified atom stereocenters. The van der Waals surface area contributed by atoms with Crippen LogP contribution < -0.4 is 16.0 Å². The first kappa shape index (κ1) is 31.9. The maximum atomic E-state index is 13.3. The molecule has 8 heteroatoms. The zero-order valence-corrected chi connectivity index (χ0v) is 25.8. The standard InChI is InChI=1S/C34H33FN4O3.C2H6/c1-20-30(36-22(3)32(20)39-31(40)11-7-10-23-8-5-4-6-9-23)19-28-27-18-25(14-17-29(27)38-34(28)42)33(41)37-21(2)24-12-15-26(35)16-13-24;1-2/h4-9,11-18,21,28,36H,10,19H2,1-3H3,(H,37,41)(H,38,42)(H,39,40);1-2H3/b11-7+;. The van der Waals surface area contributed by atoms with Gasteiger partial charge in [0.15, 0.2) is 0 Å². The summed E-state index contributed by atoms with van der Waals surface area (Å²) in [7, 11) is 0. The second-order valence-electron chi connectivity index (χ2n) is 10.6. The largest absolute Gasteiger partial charge is 0.360 e. The van der Waals surface area contributed by atoms with Gasteiger partial charge in [0, 0.05) is 29.1 Å². The minimum Gasteiger partial charge on any atom is -0.360 e. The molecule has 0 aliphatic carbocycles. The minimum atomic E-state index is -0.506. The van der Waals surface area contributed by atoms with Crippen LogP contribution in [-0.2, 0) is 22.4 Å². The summed E-state index contributed by atoms with van der Waals surface area (Å²) in [6.07, 6.45) is 4.40. The summed E-state index contributed by atoms with van der Waals surface area (Å²) in [5, 5.41) is 8.83. The number of benzene rings is 3. The molecule has 2 atom stereocenters. The van der Waals surface area contributed by atoms with Crippen molar-refractivity contribution in [3.63, 3.8) is 0 Å². The molecule has 1 aliphatic heterocycles. The third-order valence-corrected chi connectivity index (χ3v) is 7.64. The van der Waals surface area contributed by atoms with Crippen molar-refractivity contribution in [3.8, 4) is 0 Å². The molecule has 44 heavy (non-hydrogen) atoms. The van der Waals surface area contributed by atoms with Gasteiger partial charge in [-0.3, -0.25) is 14.4 Å². The van der Waals surface area contributed by atoms with Crippen molar-refractivity contribution in [2.75, 3.05) is 10.6 Å². The number of aryl methyl sites for hydroxylation is 1. The average Bonchev–Trinajstić information content (AvgIpc) is 3.48. The van der Waals surface area contributed by atoms with Crippen molar-refractivity contribution in [2.45, 2.75) is 59.4 Å². The third kappa shape index (κ3) is 7.50. The molecule has 228 valence electrons. The van der Waals surface area contributed by atoms with E-state index in [2.05, 4.69) is 20.9 Å². The lowest BCUT2D eigenvalue weighted by atomic mass is 9.93. The normalized spacial score (nSPS) is 14.3. The van der Waals surface area contributed by atoms with Crippen LogP contribution in [0.3, 0.4) is 0 Å². The quantitative estimate of drug-likeness (QED) is 0.153. The van der Waals surface area contributed by atoms with Crippen molar-refractivity contribution in [3.05, 3.63) is 130 Å². The van der Waals surface area contributed by atoms with Gasteiger partial charge in [0.05, 0.1) is 17.6 Å². The van der Waals surface area contributed by atoms with Gasteiger partial charge in [0.25, 0.3) is 5.91 Å². The van der Waals surface area contributed by atoms with Crippen LogP contribution in [0.1, 0.15) is 76.7 Å². The number of hydrogen-bond acceptors (Lipinski definition) is 3. The molecule has 0 saturated carbocycles. The highest BCUT2D eigenvalue weighted by atomic mass is 19.1. The van der Waals surface area contributed by atoms with E-state index in [1.807, 2.05) is 71.0 Å². The summed E-state index contributed by atoms with van der Waals surface area (Å²) >= 11 is 0. The van der Waals surface area contributed by atoms with Gasteiger partial charge in [-0.2, -0.15) is 0 Å². The van der Waals surface area contributed by atoms with Crippen molar-refractivity contribution in [2.24, 2.45) is 0 Å². The van der Waals surface area contributed by atoms with Crippen molar-refractivity contribution in [1.29, 1.82) is 0 Å². The number of carbonyl (C=O) groups is 3. The van der Waals surface area contributed by atoms with Crippen LogP contribution in [-0.4, -0.2) is 22.7 Å². The van der Waals surface area contributed by atoms with E-state index in [9.17, 15) is 18.8 Å². The molecule has 3 amide bonds. The number of H-pyrrole nitrogens is 1. The highest BCUT2D eigenvalue weighted by Crippen LogP contribution is 2.37. The summed E-state index contributed by atoms with van der Waals surface area (Å²) in [6.45, 7) is 9.63.